The van der Waals surface area contributed by atoms with Crippen molar-refractivity contribution in [2.75, 3.05) is 31.2 Å². The summed E-state index contributed by atoms with van der Waals surface area (Å²) in [5.41, 5.74) is 1.28. The quantitative estimate of drug-likeness (QED) is 0.754. The number of hydrogen-bond acceptors (Lipinski definition) is 5. The van der Waals surface area contributed by atoms with Crippen molar-refractivity contribution in [2.45, 2.75) is 0 Å². The molecule has 0 spiro atoms. The predicted molar refractivity (Wildman–Crippen MR) is 70.0 cm³/mol. The van der Waals surface area contributed by atoms with Gasteiger partial charge in [0.25, 0.3) is 0 Å². The summed E-state index contributed by atoms with van der Waals surface area (Å²) >= 11 is 8.67. The van der Waals surface area contributed by atoms with E-state index in [1.165, 1.54) is 0 Å². The molecule has 90 valence electrons. The lowest BCUT2D eigenvalue weighted by Gasteiger charge is -2.27. The van der Waals surface area contributed by atoms with Gasteiger partial charge in [-0.15, -0.1) is 0 Å². The van der Waals surface area contributed by atoms with Crippen LogP contribution < -0.4 is 4.90 Å². The molecule has 0 atom stereocenters. The summed E-state index contributed by atoms with van der Waals surface area (Å²) in [5.74, 6) is 0.771. The summed E-state index contributed by atoms with van der Waals surface area (Å²) in [6, 6.07) is 1.83. The summed E-state index contributed by atoms with van der Waals surface area (Å²) in [4.78, 5) is 2.12. The molecule has 1 aliphatic heterocycles. The fraction of sp³-hybridized carbons (Fsp3) is 0.364. The number of nitrogens with zero attached hydrogens (tertiary/aromatic N) is 1. The van der Waals surface area contributed by atoms with Gasteiger partial charge in [0, 0.05) is 19.2 Å². The fourth-order valence-corrected chi connectivity index (χ4v) is 2.44. The largest absolute Gasteiger partial charge is 0.458 e. The number of rotatable bonds is 1. The highest BCUT2D eigenvalue weighted by atomic mass is 79.9. The van der Waals surface area contributed by atoms with E-state index in [4.69, 9.17) is 25.8 Å². The van der Waals surface area contributed by atoms with Gasteiger partial charge in [-0.3, -0.25) is 0 Å². The van der Waals surface area contributed by atoms with E-state index < -0.39 is 0 Å². The van der Waals surface area contributed by atoms with Gasteiger partial charge in [0.1, 0.15) is 6.26 Å². The Hall–Kier alpha value is -0.850. The summed E-state index contributed by atoms with van der Waals surface area (Å²) in [5, 5.41) is 0. The third kappa shape index (κ3) is 2.00. The molecule has 0 bridgehead atoms. The molecule has 6 heteroatoms. The van der Waals surface area contributed by atoms with Gasteiger partial charge in [0.2, 0.25) is 0 Å². The monoisotopic (exact) mass is 315 g/mol. The minimum atomic E-state index is 0.615. The first-order valence-electron chi connectivity index (χ1n) is 5.29. The van der Waals surface area contributed by atoms with Gasteiger partial charge in [-0.1, -0.05) is 12.2 Å². The molecule has 0 unspecified atom stereocenters. The van der Waals surface area contributed by atoms with E-state index in [9.17, 15) is 0 Å². The van der Waals surface area contributed by atoms with Gasteiger partial charge in [0.15, 0.2) is 17.1 Å². The standard InChI is InChI=1S/C11H10BrNO3S/c12-7-6-15-11-8(17)5-9(16-10(7)11)13-1-3-14-4-2-13/h5-6H,1-4H2. The Morgan fingerprint density at radius 2 is 2.00 bits per heavy atom. The molecule has 0 radical (unpaired) electrons. The van der Waals surface area contributed by atoms with Gasteiger partial charge < -0.3 is 18.5 Å². The number of ether oxygens (including phenoxy) is 1. The normalized spacial score (nSPS) is 16.6. The van der Waals surface area contributed by atoms with Gasteiger partial charge in [-0.05, 0) is 15.9 Å². The Labute approximate surface area is 111 Å². The Morgan fingerprint density at radius 3 is 2.76 bits per heavy atom. The third-order valence-electron chi connectivity index (χ3n) is 2.71. The Kier molecular flexibility index (Phi) is 2.94. The molecule has 0 N–H and O–H groups in total. The number of hydrogen-bond donors (Lipinski definition) is 0. The second-order valence-electron chi connectivity index (χ2n) is 3.79. The maximum absolute atomic E-state index is 5.82. The zero-order valence-corrected chi connectivity index (χ0v) is 11.3. The van der Waals surface area contributed by atoms with Crippen LogP contribution in [0.25, 0.3) is 11.2 Å². The molecule has 0 aliphatic carbocycles. The average Bonchev–Trinajstić information content (AvgIpc) is 2.73. The maximum Gasteiger partial charge on any atom is 0.198 e. The van der Waals surface area contributed by atoms with Crippen LogP contribution in [0.3, 0.4) is 0 Å². The lowest BCUT2D eigenvalue weighted by atomic mass is 10.3. The number of furan rings is 1. The average molecular weight is 316 g/mol. The van der Waals surface area contributed by atoms with Crippen molar-refractivity contribution in [1.29, 1.82) is 0 Å². The number of halogens is 1. The summed E-state index contributed by atoms with van der Waals surface area (Å²) in [6.07, 6.45) is 1.59. The molecule has 2 aromatic heterocycles. The van der Waals surface area contributed by atoms with Gasteiger partial charge >= 0.3 is 0 Å². The first-order valence-corrected chi connectivity index (χ1v) is 6.49. The van der Waals surface area contributed by atoms with E-state index in [0.717, 1.165) is 23.4 Å². The Balaban J connectivity index is 2.10. The van der Waals surface area contributed by atoms with Crippen LogP contribution in [0, 0.1) is 4.51 Å². The van der Waals surface area contributed by atoms with Crippen LogP contribution in [0.1, 0.15) is 0 Å². The van der Waals surface area contributed by atoms with Crippen LogP contribution in [-0.2, 0) is 4.74 Å². The van der Waals surface area contributed by atoms with Gasteiger partial charge in [-0.25, -0.2) is 0 Å². The third-order valence-corrected chi connectivity index (χ3v) is 3.56. The molecular formula is C11H10BrNO3S. The second-order valence-corrected chi connectivity index (χ2v) is 5.08. The first-order chi connectivity index (χ1) is 8.25. The molecular weight excluding hydrogens is 306 g/mol. The lowest BCUT2D eigenvalue weighted by molar-refractivity contribution is 0.121. The van der Waals surface area contributed by atoms with Crippen molar-refractivity contribution in [3.05, 3.63) is 21.3 Å². The van der Waals surface area contributed by atoms with Gasteiger partial charge in [-0.2, -0.15) is 0 Å². The van der Waals surface area contributed by atoms with Crippen molar-refractivity contribution in [2.24, 2.45) is 0 Å². The molecule has 0 saturated carbocycles. The zero-order valence-electron chi connectivity index (χ0n) is 8.94. The summed E-state index contributed by atoms with van der Waals surface area (Å²) < 4.78 is 17.9. The molecule has 1 fully saturated rings. The van der Waals surface area contributed by atoms with Crippen molar-refractivity contribution in [1.82, 2.24) is 0 Å². The van der Waals surface area contributed by atoms with Crippen molar-refractivity contribution >= 4 is 45.2 Å². The van der Waals surface area contributed by atoms with E-state index in [0.29, 0.717) is 28.9 Å². The molecule has 0 amide bonds. The Morgan fingerprint density at radius 1 is 1.24 bits per heavy atom. The molecule has 4 nitrogen and oxygen atoms in total. The lowest BCUT2D eigenvalue weighted by Crippen LogP contribution is -2.36. The SMILES string of the molecule is S=c1cc(N2CCOCC2)oc2c(Br)coc12. The van der Waals surface area contributed by atoms with E-state index in [2.05, 4.69) is 20.8 Å². The van der Waals surface area contributed by atoms with Crippen LogP contribution >= 0.6 is 28.1 Å². The van der Waals surface area contributed by atoms with Crippen LogP contribution in [0.2, 0.25) is 0 Å². The van der Waals surface area contributed by atoms with Crippen molar-refractivity contribution in [3.63, 3.8) is 0 Å². The minimum Gasteiger partial charge on any atom is -0.458 e. The van der Waals surface area contributed by atoms with Crippen LogP contribution in [0.4, 0.5) is 5.88 Å². The number of fused-ring (bicyclic) bond motifs is 1. The zero-order chi connectivity index (χ0) is 11.8. The topological polar surface area (TPSA) is 38.8 Å². The van der Waals surface area contributed by atoms with Crippen molar-refractivity contribution in [3.8, 4) is 0 Å². The Bertz CT molecular complexity index is 600. The van der Waals surface area contributed by atoms with Crippen molar-refractivity contribution < 1.29 is 13.6 Å². The molecule has 3 rings (SSSR count). The van der Waals surface area contributed by atoms with Crippen LogP contribution in [0.5, 0.6) is 0 Å². The molecule has 1 saturated heterocycles. The van der Waals surface area contributed by atoms with E-state index >= 15 is 0 Å². The fourth-order valence-electron chi connectivity index (χ4n) is 1.84. The molecule has 3 heterocycles. The minimum absolute atomic E-state index is 0.615. The first kappa shape index (κ1) is 11.3. The number of morpholine rings is 1. The molecule has 2 aromatic rings. The molecule has 0 aromatic carbocycles. The van der Waals surface area contributed by atoms with E-state index in [1.54, 1.807) is 6.26 Å². The molecule has 17 heavy (non-hydrogen) atoms. The summed E-state index contributed by atoms with van der Waals surface area (Å²) in [7, 11) is 0. The van der Waals surface area contributed by atoms with Crippen LogP contribution in [-0.4, -0.2) is 26.3 Å². The molecule has 1 aliphatic rings. The summed E-state index contributed by atoms with van der Waals surface area (Å²) in [6.45, 7) is 3.07. The second kappa shape index (κ2) is 4.44. The predicted octanol–water partition coefficient (Wildman–Crippen LogP) is 3.35. The highest BCUT2D eigenvalue weighted by Gasteiger charge is 2.16. The van der Waals surface area contributed by atoms with E-state index in [-0.39, 0.29) is 0 Å². The van der Waals surface area contributed by atoms with Crippen LogP contribution in [0.15, 0.2) is 25.6 Å². The van der Waals surface area contributed by atoms with Gasteiger partial charge in [0.05, 0.1) is 22.2 Å². The highest BCUT2D eigenvalue weighted by Crippen LogP contribution is 2.31. The number of anilines is 1. The smallest absolute Gasteiger partial charge is 0.198 e. The highest BCUT2D eigenvalue weighted by molar-refractivity contribution is 9.10. The van der Waals surface area contributed by atoms with E-state index in [1.807, 2.05) is 6.07 Å². The maximum atomic E-state index is 5.82.